The number of rotatable bonds is 3. The lowest BCUT2D eigenvalue weighted by Crippen LogP contribution is -2.50. The fraction of sp³-hybridized carbons (Fsp3) is 0.933. The summed E-state index contributed by atoms with van der Waals surface area (Å²) in [6, 6.07) is -0.388. The molecule has 104 valence electrons. The summed E-state index contributed by atoms with van der Waals surface area (Å²) in [5, 5.41) is 0. The van der Waals surface area contributed by atoms with E-state index in [0.717, 1.165) is 24.3 Å². The Morgan fingerprint density at radius 1 is 1.33 bits per heavy atom. The summed E-state index contributed by atoms with van der Waals surface area (Å²) in [4.78, 5) is 14.2. The van der Waals surface area contributed by atoms with Gasteiger partial charge in [0.15, 0.2) is 0 Å². The lowest BCUT2D eigenvalue weighted by molar-refractivity contribution is -0.134. The van der Waals surface area contributed by atoms with Crippen LogP contribution in [0.2, 0.25) is 0 Å². The third-order valence-electron chi connectivity index (χ3n) is 4.97. The maximum Gasteiger partial charge on any atom is 0.239 e. The van der Waals surface area contributed by atoms with Crippen LogP contribution in [0.15, 0.2) is 0 Å². The zero-order valence-corrected chi connectivity index (χ0v) is 12.3. The lowest BCUT2D eigenvalue weighted by Gasteiger charge is -2.33. The van der Waals surface area contributed by atoms with Gasteiger partial charge in [-0.25, -0.2) is 0 Å². The molecule has 2 aliphatic rings. The minimum atomic E-state index is -0.388. The van der Waals surface area contributed by atoms with Gasteiger partial charge in [0.05, 0.1) is 6.04 Å². The van der Waals surface area contributed by atoms with Gasteiger partial charge in [-0.1, -0.05) is 27.2 Å². The van der Waals surface area contributed by atoms with E-state index in [0.29, 0.717) is 0 Å². The number of nitrogens with two attached hydrogens (primary N) is 1. The lowest BCUT2D eigenvalue weighted by atomic mass is 9.85. The first-order chi connectivity index (χ1) is 8.29. The molecular weight excluding hydrogens is 224 g/mol. The van der Waals surface area contributed by atoms with E-state index in [1.54, 1.807) is 0 Å². The van der Waals surface area contributed by atoms with E-state index in [9.17, 15) is 4.79 Å². The molecular formula is C15H28N2O. The zero-order chi connectivity index (χ0) is 13.5. The molecule has 0 heterocycles. The molecule has 0 aromatic carbocycles. The molecule has 2 saturated carbocycles. The summed E-state index contributed by atoms with van der Waals surface area (Å²) >= 11 is 0. The minimum absolute atomic E-state index is 0.102. The number of nitrogens with zero attached hydrogens (tertiary/aromatic N) is 1. The van der Waals surface area contributed by atoms with Crippen LogP contribution in [0.4, 0.5) is 0 Å². The van der Waals surface area contributed by atoms with Gasteiger partial charge in [-0.3, -0.25) is 4.79 Å². The second-order valence-electron chi connectivity index (χ2n) is 7.50. The second-order valence-corrected chi connectivity index (χ2v) is 7.50. The van der Waals surface area contributed by atoms with Crippen molar-refractivity contribution in [1.29, 1.82) is 0 Å². The van der Waals surface area contributed by atoms with E-state index in [1.807, 2.05) is 32.7 Å². The number of likely N-dealkylation sites (N-methyl/N-ethyl adjacent to an activating group) is 1. The Hall–Kier alpha value is -0.570. The van der Waals surface area contributed by atoms with Crippen LogP contribution in [-0.4, -0.2) is 30.4 Å². The summed E-state index contributed by atoms with van der Waals surface area (Å²) in [5.74, 6) is 2.64. The topological polar surface area (TPSA) is 46.3 Å². The number of amides is 1. The van der Waals surface area contributed by atoms with Crippen molar-refractivity contribution in [3.05, 3.63) is 0 Å². The number of hydrogen-bond donors (Lipinski definition) is 1. The molecule has 2 rings (SSSR count). The minimum Gasteiger partial charge on any atom is -0.344 e. The summed E-state index contributed by atoms with van der Waals surface area (Å²) in [5.41, 5.74) is 5.90. The molecule has 2 aliphatic carbocycles. The Balaban J connectivity index is 1.88. The largest absolute Gasteiger partial charge is 0.344 e. The summed E-state index contributed by atoms with van der Waals surface area (Å²) in [6.45, 7) is 6.99. The van der Waals surface area contributed by atoms with Crippen molar-refractivity contribution in [3.63, 3.8) is 0 Å². The van der Waals surface area contributed by atoms with Crippen molar-refractivity contribution in [3.8, 4) is 0 Å². The van der Waals surface area contributed by atoms with Crippen molar-refractivity contribution in [2.75, 3.05) is 13.6 Å². The van der Waals surface area contributed by atoms with Crippen LogP contribution in [0.1, 0.15) is 46.5 Å². The van der Waals surface area contributed by atoms with E-state index in [1.165, 1.54) is 25.7 Å². The van der Waals surface area contributed by atoms with Crippen LogP contribution in [-0.2, 0) is 4.79 Å². The molecule has 0 spiro atoms. The monoisotopic (exact) mass is 252 g/mol. The quantitative estimate of drug-likeness (QED) is 0.837. The highest BCUT2D eigenvalue weighted by Gasteiger charge is 2.40. The van der Waals surface area contributed by atoms with Gasteiger partial charge in [0.1, 0.15) is 0 Å². The molecule has 18 heavy (non-hydrogen) atoms. The maximum atomic E-state index is 12.3. The maximum absolute atomic E-state index is 12.3. The molecule has 2 bridgehead atoms. The molecule has 4 atom stereocenters. The standard InChI is InChI=1S/C15H28N2O/c1-15(2,3)13(16)14(18)17(4)9-12-8-10-5-6-11(12)7-10/h10-13H,5-9,16H2,1-4H3/t10?,11?,12?,13-/m1/s1. The third kappa shape index (κ3) is 2.71. The first-order valence-corrected chi connectivity index (χ1v) is 7.29. The molecule has 0 aliphatic heterocycles. The Bertz CT molecular complexity index is 321. The average molecular weight is 252 g/mol. The van der Waals surface area contributed by atoms with Crippen molar-refractivity contribution in [2.45, 2.75) is 52.5 Å². The molecule has 0 saturated heterocycles. The van der Waals surface area contributed by atoms with E-state index in [4.69, 9.17) is 5.73 Å². The fourth-order valence-corrected chi connectivity index (χ4v) is 3.65. The highest BCUT2D eigenvalue weighted by molar-refractivity contribution is 5.82. The van der Waals surface area contributed by atoms with Crippen molar-refractivity contribution in [2.24, 2.45) is 28.9 Å². The van der Waals surface area contributed by atoms with Gasteiger partial charge in [-0.05, 0) is 42.4 Å². The van der Waals surface area contributed by atoms with Crippen LogP contribution in [0.5, 0.6) is 0 Å². The van der Waals surface area contributed by atoms with Crippen LogP contribution < -0.4 is 5.73 Å². The number of hydrogen-bond acceptors (Lipinski definition) is 2. The second kappa shape index (κ2) is 4.84. The van der Waals surface area contributed by atoms with Crippen molar-refractivity contribution < 1.29 is 4.79 Å². The predicted molar refractivity (Wildman–Crippen MR) is 74.0 cm³/mol. The van der Waals surface area contributed by atoms with Crippen LogP contribution in [0.3, 0.4) is 0 Å². The van der Waals surface area contributed by atoms with Crippen LogP contribution >= 0.6 is 0 Å². The fourth-order valence-electron chi connectivity index (χ4n) is 3.65. The Kier molecular flexibility index (Phi) is 3.72. The summed E-state index contributed by atoms with van der Waals surface area (Å²) < 4.78 is 0. The first-order valence-electron chi connectivity index (χ1n) is 7.29. The first kappa shape index (κ1) is 13.9. The molecule has 0 aromatic heterocycles. The molecule has 0 aromatic rings. The van der Waals surface area contributed by atoms with Gasteiger partial charge in [-0.2, -0.15) is 0 Å². The van der Waals surface area contributed by atoms with Crippen LogP contribution in [0, 0.1) is 23.2 Å². The van der Waals surface area contributed by atoms with Gasteiger partial charge >= 0.3 is 0 Å². The highest BCUT2D eigenvalue weighted by atomic mass is 16.2. The van der Waals surface area contributed by atoms with E-state index >= 15 is 0 Å². The van der Waals surface area contributed by atoms with E-state index in [-0.39, 0.29) is 17.4 Å². The Morgan fingerprint density at radius 2 is 2.00 bits per heavy atom. The average Bonchev–Trinajstić information content (AvgIpc) is 2.87. The van der Waals surface area contributed by atoms with E-state index in [2.05, 4.69) is 0 Å². The molecule has 2 N–H and O–H groups in total. The summed E-state index contributed by atoms with van der Waals surface area (Å²) in [6.07, 6.45) is 5.52. The van der Waals surface area contributed by atoms with Gasteiger partial charge in [-0.15, -0.1) is 0 Å². The normalized spacial score (nSPS) is 32.6. The predicted octanol–water partition coefficient (Wildman–Crippen LogP) is 2.25. The van der Waals surface area contributed by atoms with Crippen molar-refractivity contribution in [1.82, 2.24) is 4.90 Å². The smallest absolute Gasteiger partial charge is 0.239 e. The number of carbonyl (C=O) groups excluding carboxylic acids is 1. The zero-order valence-electron chi connectivity index (χ0n) is 12.3. The van der Waals surface area contributed by atoms with Gasteiger partial charge in [0.25, 0.3) is 0 Å². The van der Waals surface area contributed by atoms with Crippen molar-refractivity contribution >= 4 is 5.91 Å². The third-order valence-corrected chi connectivity index (χ3v) is 4.97. The highest BCUT2D eigenvalue weighted by Crippen LogP contribution is 2.48. The molecule has 1 amide bonds. The molecule has 3 heteroatoms. The van der Waals surface area contributed by atoms with Gasteiger partial charge in [0, 0.05) is 13.6 Å². The molecule has 2 fully saturated rings. The summed E-state index contributed by atoms with van der Waals surface area (Å²) in [7, 11) is 1.92. The SMILES string of the molecule is CN(CC1CC2CCC1C2)C(=O)[C@@H](N)C(C)(C)C. The Morgan fingerprint density at radius 3 is 2.44 bits per heavy atom. The number of carbonyl (C=O) groups is 1. The molecule has 0 radical (unpaired) electrons. The molecule has 3 unspecified atom stereocenters. The van der Waals surface area contributed by atoms with Crippen LogP contribution in [0.25, 0.3) is 0 Å². The number of fused-ring (bicyclic) bond motifs is 2. The molecule has 3 nitrogen and oxygen atoms in total. The van der Waals surface area contributed by atoms with Gasteiger partial charge < -0.3 is 10.6 Å². The Labute approximate surface area is 111 Å². The van der Waals surface area contributed by atoms with E-state index < -0.39 is 0 Å². The van der Waals surface area contributed by atoms with Gasteiger partial charge in [0.2, 0.25) is 5.91 Å².